The van der Waals surface area contributed by atoms with E-state index in [9.17, 15) is 8.42 Å². The SMILES string of the molecule is COc1ccc(N2CO[C@@H](COS(C)(=O)=O)C2)cc1. The van der Waals surface area contributed by atoms with Gasteiger partial charge in [0, 0.05) is 12.2 Å². The number of anilines is 1. The Morgan fingerprint density at radius 2 is 2.05 bits per heavy atom. The number of nitrogens with zero attached hydrogens (tertiary/aromatic N) is 1. The lowest BCUT2D eigenvalue weighted by Crippen LogP contribution is -2.25. The first kappa shape index (κ1) is 14.1. The summed E-state index contributed by atoms with van der Waals surface area (Å²) in [5, 5.41) is 0. The molecule has 0 aromatic heterocycles. The maximum absolute atomic E-state index is 10.9. The Hall–Kier alpha value is -1.31. The molecule has 1 heterocycles. The van der Waals surface area contributed by atoms with Crippen LogP contribution in [0.2, 0.25) is 0 Å². The Balaban J connectivity index is 1.90. The molecule has 106 valence electrons. The van der Waals surface area contributed by atoms with Crippen LogP contribution in [0, 0.1) is 0 Å². The van der Waals surface area contributed by atoms with Crippen LogP contribution in [-0.4, -0.2) is 47.8 Å². The van der Waals surface area contributed by atoms with Crippen molar-refractivity contribution in [1.82, 2.24) is 0 Å². The molecule has 0 N–H and O–H groups in total. The number of rotatable bonds is 5. The van der Waals surface area contributed by atoms with Crippen LogP contribution in [0.4, 0.5) is 5.69 Å². The predicted octanol–water partition coefficient (Wildman–Crippen LogP) is 0.834. The first-order valence-electron chi connectivity index (χ1n) is 5.83. The van der Waals surface area contributed by atoms with Crippen molar-refractivity contribution >= 4 is 15.8 Å². The maximum Gasteiger partial charge on any atom is 0.264 e. The molecule has 0 unspecified atom stereocenters. The second-order valence-electron chi connectivity index (χ2n) is 4.33. The fourth-order valence-corrected chi connectivity index (χ4v) is 2.22. The van der Waals surface area contributed by atoms with Gasteiger partial charge in [-0.15, -0.1) is 0 Å². The summed E-state index contributed by atoms with van der Waals surface area (Å²) in [6.45, 7) is 1.07. The minimum atomic E-state index is -3.42. The van der Waals surface area contributed by atoms with Crippen molar-refractivity contribution in [2.75, 3.05) is 38.1 Å². The number of ether oxygens (including phenoxy) is 2. The fraction of sp³-hybridized carbons (Fsp3) is 0.500. The van der Waals surface area contributed by atoms with Gasteiger partial charge in [0.05, 0.1) is 20.0 Å². The van der Waals surface area contributed by atoms with Crippen molar-refractivity contribution in [2.24, 2.45) is 0 Å². The van der Waals surface area contributed by atoms with Gasteiger partial charge in [0.25, 0.3) is 10.1 Å². The van der Waals surface area contributed by atoms with Gasteiger partial charge in [-0.3, -0.25) is 4.18 Å². The molecule has 0 amide bonds. The van der Waals surface area contributed by atoms with Gasteiger partial charge in [0.15, 0.2) is 0 Å². The van der Waals surface area contributed by atoms with E-state index in [1.165, 1.54) is 0 Å². The monoisotopic (exact) mass is 287 g/mol. The van der Waals surface area contributed by atoms with E-state index in [1.807, 2.05) is 29.2 Å². The van der Waals surface area contributed by atoms with Crippen molar-refractivity contribution in [2.45, 2.75) is 6.10 Å². The van der Waals surface area contributed by atoms with E-state index in [2.05, 4.69) is 0 Å². The fourth-order valence-electron chi connectivity index (χ4n) is 1.82. The molecule has 1 fully saturated rings. The van der Waals surface area contributed by atoms with Gasteiger partial charge in [-0.05, 0) is 24.3 Å². The second-order valence-corrected chi connectivity index (χ2v) is 5.97. The quantitative estimate of drug-likeness (QED) is 0.748. The summed E-state index contributed by atoms with van der Waals surface area (Å²) in [6, 6.07) is 7.61. The highest BCUT2D eigenvalue weighted by Gasteiger charge is 2.24. The Labute approximate surface area is 113 Å². The molecule has 1 aromatic rings. The highest BCUT2D eigenvalue weighted by molar-refractivity contribution is 7.85. The third kappa shape index (κ3) is 4.09. The minimum absolute atomic E-state index is 0.0471. The lowest BCUT2D eigenvalue weighted by Gasteiger charge is -2.16. The normalized spacial score (nSPS) is 19.7. The Kier molecular flexibility index (Phi) is 4.28. The highest BCUT2D eigenvalue weighted by atomic mass is 32.2. The summed E-state index contributed by atoms with van der Waals surface area (Å²) >= 11 is 0. The van der Waals surface area contributed by atoms with Gasteiger partial charge < -0.3 is 14.4 Å². The summed E-state index contributed by atoms with van der Waals surface area (Å²) in [5.41, 5.74) is 1.00. The van der Waals surface area contributed by atoms with Crippen LogP contribution < -0.4 is 9.64 Å². The third-order valence-electron chi connectivity index (χ3n) is 2.80. The van der Waals surface area contributed by atoms with Crippen molar-refractivity contribution in [3.05, 3.63) is 24.3 Å². The van der Waals surface area contributed by atoms with E-state index < -0.39 is 10.1 Å². The zero-order valence-electron chi connectivity index (χ0n) is 10.9. The van der Waals surface area contributed by atoms with E-state index in [1.54, 1.807) is 7.11 Å². The average Bonchev–Trinajstić information content (AvgIpc) is 2.84. The van der Waals surface area contributed by atoms with Crippen LogP contribution in [-0.2, 0) is 19.0 Å². The maximum atomic E-state index is 10.9. The van der Waals surface area contributed by atoms with Crippen LogP contribution in [0.3, 0.4) is 0 Å². The molecule has 6 nitrogen and oxygen atoms in total. The van der Waals surface area contributed by atoms with Crippen LogP contribution in [0.25, 0.3) is 0 Å². The van der Waals surface area contributed by atoms with Crippen molar-refractivity contribution in [3.8, 4) is 5.75 Å². The van der Waals surface area contributed by atoms with Crippen LogP contribution >= 0.6 is 0 Å². The molecule has 2 rings (SSSR count). The molecule has 0 bridgehead atoms. The molecule has 1 aliphatic heterocycles. The topological polar surface area (TPSA) is 65.1 Å². The molecule has 0 spiro atoms. The third-order valence-corrected chi connectivity index (χ3v) is 3.36. The molecule has 0 aliphatic carbocycles. The van der Waals surface area contributed by atoms with Crippen LogP contribution in [0.5, 0.6) is 5.75 Å². The molecular formula is C12H17NO5S. The molecule has 7 heteroatoms. The molecule has 1 saturated heterocycles. The smallest absolute Gasteiger partial charge is 0.264 e. The zero-order valence-corrected chi connectivity index (χ0v) is 11.7. The van der Waals surface area contributed by atoms with E-state index in [0.29, 0.717) is 13.3 Å². The first-order chi connectivity index (χ1) is 8.98. The molecule has 19 heavy (non-hydrogen) atoms. The Morgan fingerprint density at radius 1 is 1.37 bits per heavy atom. The molecule has 0 radical (unpaired) electrons. The van der Waals surface area contributed by atoms with Crippen molar-refractivity contribution < 1.29 is 22.1 Å². The van der Waals surface area contributed by atoms with Gasteiger partial charge in [-0.25, -0.2) is 0 Å². The van der Waals surface area contributed by atoms with Crippen molar-refractivity contribution in [3.63, 3.8) is 0 Å². The van der Waals surface area contributed by atoms with E-state index in [0.717, 1.165) is 17.7 Å². The first-order valence-corrected chi connectivity index (χ1v) is 7.64. The lowest BCUT2D eigenvalue weighted by molar-refractivity contribution is 0.0759. The summed E-state index contributed by atoms with van der Waals surface area (Å²) in [5.74, 6) is 0.792. The van der Waals surface area contributed by atoms with Gasteiger partial charge >= 0.3 is 0 Å². The van der Waals surface area contributed by atoms with E-state index in [-0.39, 0.29) is 12.7 Å². The van der Waals surface area contributed by atoms with Crippen LogP contribution in [0.1, 0.15) is 0 Å². The van der Waals surface area contributed by atoms with Gasteiger partial charge in [-0.1, -0.05) is 0 Å². The standard InChI is InChI=1S/C12H17NO5S/c1-16-11-5-3-10(4-6-11)13-7-12(17-9-13)8-18-19(2,14)15/h3-6,12H,7-9H2,1-2H3/t12-/m1/s1. The Bertz CT molecular complexity index is 513. The number of methoxy groups -OCH3 is 1. The molecule has 1 aromatic carbocycles. The van der Waals surface area contributed by atoms with Crippen LogP contribution in [0.15, 0.2) is 24.3 Å². The van der Waals surface area contributed by atoms with Gasteiger partial charge in [0.1, 0.15) is 18.6 Å². The lowest BCUT2D eigenvalue weighted by atomic mass is 10.2. The summed E-state index contributed by atoms with van der Waals surface area (Å²) in [6.07, 6.45) is 0.792. The minimum Gasteiger partial charge on any atom is -0.497 e. The summed E-state index contributed by atoms with van der Waals surface area (Å²) < 4.78 is 37.1. The van der Waals surface area contributed by atoms with Gasteiger partial charge in [-0.2, -0.15) is 8.42 Å². The average molecular weight is 287 g/mol. The van der Waals surface area contributed by atoms with Gasteiger partial charge in [0.2, 0.25) is 0 Å². The number of hydrogen-bond donors (Lipinski definition) is 0. The largest absolute Gasteiger partial charge is 0.497 e. The zero-order chi connectivity index (χ0) is 13.9. The Morgan fingerprint density at radius 3 is 2.63 bits per heavy atom. The molecule has 1 atom stereocenters. The second kappa shape index (κ2) is 5.77. The van der Waals surface area contributed by atoms with E-state index >= 15 is 0 Å². The van der Waals surface area contributed by atoms with Crippen molar-refractivity contribution in [1.29, 1.82) is 0 Å². The summed E-state index contributed by atoms with van der Waals surface area (Å²) in [4.78, 5) is 2.01. The number of hydrogen-bond acceptors (Lipinski definition) is 6. The molecule has 1 aliphatic rings. The molecule has 0 saturated carbocycles. The molecular weight excluding hydrogens is 270 g/mol. The summed E-state index contributed by atoms with van der Waals surface area (Å²) in [7, 11) is -1.80. The van der Waals surface area contributed by atoms with E-state index in [4.69, 9.17) is 13.7 Å². The highest BCUT2D eigenvalue weighted by Crippen LogP contribution is 2.22. The predicted molar refractivity (Wildman–Crippen MR) is 70.9 cm³/mol. The number of benzene rings is 1.